The number of nitrogen functional groups attached to an aromatic ring is 1. The molecule has 2 rings (SSSR count). The SMILES string of the molecule is Cc1cc(NCCC(=O)NC2CC2)c(N)cc1F. The summed E-state index contributed by atoms with van der Waals surface area (Å²) in [6, 6.07) is 3.33. The number of hydrogen-bond donors (Lipinski definition) is 3. The smallest absolute Gasteiger partial charge is 0.221 e. The Kier molecular flexibility index (Phi) is 3.69. The number of rotatable bonds is 5. The van der Waals surface area contributed by atoms with E-state index in [-0.39, 0.29) is 11.7 Å². The first-order valence-corrected chi connectivity index (χ1v) is 6.15. The molecule has 1 aromatic rings. The van der Waals surface area contributed by atoms with Gasteiger partial charge in [-0.3, -0.25) is 4.79 Å². The molecule has 1 aliphatic carbocycles. The number of halogens is 1. The Morgan fingerprint density at radius 1 is 1.50 bits per heavy atom. The minimum Gasteiger partial charge on any atom is -0.397 e. The highest BCUT2D eigenvalue weighted by atomic mass is 19.1. The summed E-state index contributed by atoms with van der Waals surface area (Å²) in [6.45, 7) is 2.17. The predicted octanol–water partition coefficient (Wildman–Crippen LogP) is 1.80. The Balaban J connectivity index is 1.82. The maximum Gasteiger partial charge on any atom is 0.221 e. The van der Waals surface area contributed by atoms with Crippen LogP contribution in [0.3, 0.4) is 0 Å². The van der Waals surface area contributed by atoms with Crippen LogP contribution in [-0.2, 0) is 4.79 Å². The van der Waals surface area contributed by atoms with Gasteiger partial charge in [0.2, 0.25) is 5.91 Å². The van der Waals surface area contributed by atoms with Crippen molar-refractivity contribution >= 4 is 17.3 Å². The molecule has 1 amide bonds. The van der Waals surface area contributed by atoms with Crippen molar-refractivity contribution in [2.75, 3.05) is 17.6 Å². The maximum absolute atomic E-state index is 13.2. The molecule has 98 valence electrons. The minimum absolute atomic E-state index is 0.0439. The average Bonchev–Trinajstić information content (AvgIpc) is 3.09. The number of carbonyl (C=O) groups excluding carboxylic acids is 1. The standard InChI is InChI=1S/C13H18FN3O/c1-8-6-12(11(15)7-10(8)14)16-5-4-13(18)17-9-2-3-9/h6-7,9,16H,2-5,15H2,1H3,(H,17,18). The molecule has 0 radical (unpaired) electrons. The van der Waals surface area contributed by atoms with Crippen molar-refractivity contribution in [1.29, 1.82) is 0 Å². The van der Waals surface area contributed by atoms with Crippen LogP contribution in [-0.4, -0.2) is 18.5 Å². The van der Waals surface area contributed by atoms with Gasteiger partial charge < -0.3 is 16.4 Å². The molecule has 0 atom stereocenters. The highest BCUT2D eigenvalue weighted by Gasteiger charge is 2.22. The van der Waals surface area contributed by atoms with Crippen LogP contribution >= 0.6 is 0 Å². The van der Waals surface area contributed by atoms with Gasteiger partial charge in [0.25, 0.3) is 0 Å². The van der Waals surface area contributed by atoms with Gasteiger partial charge in [0, 0.05) is 19.0 Å². The van der Waals surface area contributed by atoms with Crippen molar-refractivity contribution in [2.24, 2.45) is 0 Å². The van der Waals surface area contributed by atoms with Crippen LogP contribution in [0.25, 0.3) is 0 Å². The largest absolute Gasteiger partial charge is 0.397 e. The zero-order valence-electron chi connectivity index (χ0n) is 10.4. The molecule has 5 heteroatoms. The number of hydrogen-bond acceptors (Lipinski definition) is 3. The fraction of sp³-hybridized carbons (Fsp3) is 0.462. The van der Waals surface area contributed by atoms with E-state index >= 15 is 0 Å². The Labute approximate surface area is 106 Å². The molecular formula is C13H18FN3O. The van der Waals surface area contributed by atoms with Crippen LogP contribution in [0.4, 0.5) is 15.8 Å². The molecule has 18 heavy (non-hydrogen) atoms. The van der Waals surface area contributed by atoms with Gasteiger partial charge in [0.15, 0.2) is 0 Å². The van der Waals surface area contributed by atoms with E-state index in [1.807, 2.05) is 0 Å². The summed E-state index contributed by atoms with van der Waals surface area (Å²) in [7, 11) is 0. The van der Waals surface area contributed by atoms with E-state index in [9.17, 15) is 9.18 Å². The molecule has 0 aromatic heterocycles. The number of nitrogens with one attached hydrogen (secondary N) is 2. The lowest BCUT2D eigenvalue weighted by molar-refractivity contribution is -0.120. The molecule has 0 spiro atoms. The summed E-state index contributed by atoms with van der Waals surface area (Å²) in [6.07, 6.45) is 2.57. The Morgan fingerprint density at radius 2 is 2.22 bits per heavy atom. The first-order chi connectivity index (χ1) is 8.56. The number of amides is 1. The van der Waals surface area contributed by atoms with Crippen molar-refractivity contribution in [3.8, 4) is 0 Å². The Morgan fingerprint density at radius 3 is 2.89 bits per heavy atom. The molecule has 4 nitrogen and oxygen atoms in total. The lowest BCUT2D eigenvalue weighted by Crippen LogP contribution is -2.27. The van der Waals surface area contributed by atoms with Crippen LogP contribution in [0.1, 0.15) is 24.8 Å². The highest BCUT2D eigenvalue weighted by Crippen LogP contribution is 2.22. The van der Waals surface area contributed by atoms with E-state index < -0.39 is 0 Å². The number of aryl methyl sites for hydroxylation is 1. The van der Waals surface area contributed by atoms with Gasteiger partial charge in [-0.1, -0.05) is 0 Å². The molecule has 1 aliphatic rings. The van der Waals surface area contributed by atoms with Gasteiger partial charge in [0.1, 0.15) is 5.82 Å². The number of carbonyl (C=O) groups is 1. The zero-order chi connectivity index (χ0) is 13.1. The monoisotopic (exact) mass is 251 g/mol. The second-order valence-electron chi connectivity index (χ2n) is 4.71. The van der Waals surface area contributed by atoms with Gasteiger partial charge in [-0.15, -0.1) is 0 Å². The molecule has 0 saturated heterocycles. The van der Waals surface area contributed by atoms with Crippen molar-refractivity contribution in [2.45, 2.75) is 32.2 Å². The van der Waals surface area contributed by atoms with Gasteiger partial charge in [-0.2, -0.15) is 0 Å². The molecule has 1 fully saturated rings. The second-order valence-corrected chi connectivity index (χ2v) is 4.71. The van der Waals surface area contributed by atoms with Gasteiger partial charge in [-0.25, -0.2) is 4.39 Å². The van der Waals surface area contributed by atoms with Crippen LogP contribution in [0.2, 0.25) is 0 Å². The van der Waals surface area contributed by atoms with E-state index in [1.165, 1.54) is 6.07 Å². The molecule has 0 unspecified atom stereocenters. The highest BCUT2D eigenvalue weighted by molar-refractivity contribution is 5.77. The second kappa shape index (κ2) is 5.25. The van der Waals surface area contributed by atoms with Gasteiger partial charge >= 0.3 is 0 Å². The third-order valence-corrected chi connectivity index (χ3v) is 2.94. The Bertz CT molecular complexity index is 458. The molecule has 0 bridgehead atoms. The van der Waals surface area contributed by atoms with E-state index in [0.29, 0.717) is 35.9 Å². The molecule has 1 aromatic carbocycles. The predicted molar refractivity (Wildman–Crippen MR) is 69.8 cm³/mol. The topological polar surface area (TPSA) is 67.2 Å². The normalized spacial score (nSPS) is 14.3. The molecular weight excluding hydrogens is 233 g/mol. The Hall–Kier alpha value is -1.78. The lowest BCUT2D eigenvalue weighted by atomic mass is 10.2. The van der Waals surface area contributed by atoms with Crippen LogP contribution < -0.4 is 16.4 Å². The number of anilines is 2. The van der Waals surface area contributed by atoms with Gasteiger partial charge in [-0.05, 0) is 37.5 Å². The number of nitrogens with two attached hydrogens (primary N) is 1. The average molecular weight is 251 g/mol. The number of benzene rings is 1. The first kappa shape index (κ1) is 12.7. The molecule has 0 heterocycles. The first-order valence-electron chi connectivity index (χ1n) is 6.15. The quantitative estimate of drug-likeness (QED) is 0.699. The summed E-state index contributed by atoms with van der Waals surface area (Å²) >= 11 is 0. The summed E-state index contributed by atoms with van der Waals surface area (Å²) in [4.78, 5) is 11.4. The van der Waals surface area contributed by atoms with Crippen molar-refractivity contribution in [3.63, 3.8) is 0 Å². The summed E-state index contributed by atoms with van der Waals surface area (Å²) in [5.74, 6) is -0.271. The molecule has 0 aliphatic heterocycles. The van der Waals surface area contributed by atoms with Crippen LogP contribution in [0.5, 0.6) is 0 Å². The summed E-state index contributed by atoms with van der Waals surface area (Å²) < 4.78 is 13.2. The zero-order valence-corrected chi connectivity index (χ0v) is 10.4. The van der Waals surface area contributed by atoms with E-state index in [1.54, 1.807) is 13.0 Å². The molecule has 1 saturated carbocycles. The van der Waals surface area contributed by atoms with Gasteiger partial charge in [0.05, 0.1) is 11.4 Å². The van der Waals surface area contributed by atoms with E-state index in [0.717, 1.165) is 12.8 Å². The fourth-order valence-corrected chi connectivity index (χ4v) is 1.69. The van der Waals surface area contributed by atoms with Crippen LogP contribution in [0.15, 0.2) is 12.1 Å². The summed E-state index contributed by atoms with van der Waals surface area (Å²) in [5.41, 5.74) is 7.27. The van der Waals surface area contributed by atoms with E-state index in [4.69, 9.17) is 5.73 Å². The van der Waals surface area contributed by atoms with E-state index in [2.05, 4.69) is 10.6 Å². The third kappa shape index (κ3) is 3.35. The minimum atomic E-state index is -0.315. The van der Waals surface area contributed by atoms with Crippen molar-refractivity contribution < 1.29 is 9.18 Å². The summed E-state index contributed by atoms with van der Waals surface area (Å²) in [5, 5.41) is 5.96. The lowest BCUT2D eigenvalue weighted by Gasteiger charge is -2.10. The van der Waals surface area contributed by atoms with Crippen molar-refractivity contribution in [3.05, 3.63) is 23.5 Å². The van der Waals surface area contributed by atoms with Crippen LogP contribution in [0, 0.1) is 12.7 Å². The van der Waals surface area contributed by atoms with Crippen molar-refractivity contribution in [1.82, 2.24) is 5.32 Å². The molecule has 4 N–H and O–H groups in total. The maximum atomic E-state index is 13.2. The fourth-order valence-electron chi connectivity index (χ4n) is 1.69. The third-order valence-electron chi connectivity index (χ3n) is 2.94.